The number of carbonyl (C=O) groups excluding carboxylic acids is 1. The predicted molar refractivity (Wildman–Crippen MR) is 123 cm³/mol. The van der Waals surface area contributed by atoms with Gasteiger partial charge in [0.05, 0.1) is 5.69 Å². The third kappa shape index (κ3) is 3.72. The summed E-state index contributed by atoms with van der Waals surface area (Å²) in [6, 6.07) is 4.56. The highest BCUT2D eigenvalue weighted by atomic mass is 35.5. The Kier molecular flexibility index (Phi) is 5.71. The van der Waals surface area contributed by atoms with Crippen molar-refractivity contribution in [2.45, 2.75) is 61.2 Å². The Morgan fingerprint density at radius 2 is 2.00 bits per heavy atom. The van der Waals surface area contributed by atoms with E-state index < -0.39 is 9.87 Å². The summed E-state index contributed by atoms with van der Waals surface area (Å²) in [6.45, 7) is 4.81. The van der Waals surface area contributed by atoms with Crippen LogP contribution in [-0.4, -0.2) is 62.8 Å². The van der Waals surface area contributed by atoms with E-state index in [2.05, 4.69) is 15.0 Å². The van der Waals surface area contributed by atoms with Gasteiger partial charge < -0.3 is 9.42 Å². The molecule has 1 amide bonds. The summed E-state index contributed by atoms with van der Waals surface area (Å²) in [5, 5.41) is 5.10. The second kappa shape index (κ2) is 8.26. The molecule has 0 bridgehead atoms. The van der Waals surface area contributed by atoms with E-state index in [1.807, 2.05) is 0 Å². The van der Waals surface area contributed by atoms with E-state index in [4.69, 9.17) is 27.7 Å². The number of carbonyl (C=O) groups is 1. The van der Waals surface area contributed by atoms with E-state index in [1.54, 1.807) is 17.9 Å². The first-order valence-corrected chi connectivity index (χ1v) is 12.1. The number of likely N-dealkylation sites (tertiary alicyclic amines) is 1. The molecule has 3 aliphatic rings. The van der Waals surface area contributed by atoms with E-state index in [-0.39, 0.29) is 17.6 Å². The first-order chi connectivity index (χ1) is 15.3. The number of benzene rings is 1. The normalized spacial score (nSPS) is 29.9. The summed E-state index contributed by atoms with van der Waals surface area (Å²) in [4.78, 5) is 19.6. The van der Waals surface area contributed by atoms with Gasteiger partial charge >= 0.3 is 0 Å². The number of fused-ring (bicyclic) bond motifs is 2. The fraction of sp³-hybridized carbons (Fsp3) is 0.609. The van der Waals surface area contributed by atoms with E-state index in [9.17, 15) is 9.18 Å². The van der Waals surface area contributed by atoms with Crippen molar-refractivity contribution in [3.8, 4) is 0 Å². The fourth-order valence-corrected chi connectivity index (χ4v) is 5.70. The van der Waals surface area contributed by atoms with E-state index in [0.717, 1.165) is 62.1 Å². The molecule has 3 aliphatic heterocycles. The molecule has 0 saturated carbocycles. The molecule has 9 heteroatoms. The number of alkyl halides is 2. The molecule has 0 radical (unpaired) electrons. The van der Waals surface area contributed by atoms with Crippen molar-refractivity contribution in [3.63, 3.8) is 0 Å². The molecule has 2 atom stereocenters. The molecule has 2 unspecified atom stereocenters. The van der Waals surface area contributed by atoms with Crippen molar-refractivity contribution in [1.82, 2.24) is 15.0 Å². The van der Waals surface area contributed by atoms with E-state index >= 15 is 0 Å². The van der Waals surface area contributed by atoms with Crippen molar-refractivity contribution in [2.24, 2.45) is 4.99 Å². The molecular formula is C23H27Cl2FN4O2. The number of hydrogen-bond acceptors (Lipinski definition) is 5. The summed E-state index contributed by atoms with van der Waals surface area (Å²) >= 11 is 13.7. The zero-order valence-electron chi connectivity index (χ0n) is 18.1. The lowest BCUT2D eigenvalue weighted by molar-refractivity contribution is -0.132. The number of halogens is 3. The second-order valence-electron chi connectivity index (χ2n) is 9.27. The molecule has 1 aromatic heterocycles. The fourth-order valence-electron chi connectivity index (χ4n) is 5.19. The minimum Gasteiger partial charge on any atom is -0.356 e. The van der Waals surface area contributed by atoms with Gasteiger partial charge in [-0.15, -0.1) is 11.6 Å². The first kappa shape index (κ1) is 22.1. The van der Waals surface area contributed by atoms with Crippen LogP contribution in [0.1, 0.15) is 57.1 Å². The number of amidine groups is 1. The van der Waals surface area contributed by atoms with Crippen LogP contribution in [0.4, 0.5) is 4.39 Å². The lowest BCUT2D eigenvalue weighted by atomic mass is 9.88. The first-order valence-electron chi connectivity index (χ1n) is 11.3. The van der Waals surface area contributed by atoms with Gasteiger partial charge in [-0.05, 0) is 64.3 Å². The number of aliphatic imine (C=N–C) groups is 1. The van der Waals surface area contributed by atoms with Gasteiger partial charge in [0.15, 0.2) is 15.5 Å². The minimum atomic E-state index is -1.25. The van der Waals surface area contributed by atoms with E-state index in [0.29, 0.717) is 25.1 Å². The molecule has 2 fully saturated rings. The third-order valence-corrected chi connectivity index (χ3v) is 8.42. The molecule has 2 saturated heterocycles. The summed E-state index contributed by atoms with van der Waals surface area (Å²) in [6.07, 6.45) is 5.03. The monoisotopic (exact) mass is 480 g/mol. The Morgan fingerprint density at radius 3 is 2.78 bits per heavy atom. The molecule has 172 valence electrons. The molecule has 0 N–H and O–H groups in total. The molecule has 32 heavy (non-hydrogen) atoms. The number of aromatic nitrogens is 1. The number of rotatable bonds is 4. The van der Waals surface area contributed by atoms with Crippen LogP contribution in [0, 0.1) is 5.82 Å². The van der Waals surface area contributed by atoms with Crippen molar-refractivity contribution in [2.75, 3.05) is 26.2 Å². The van der Waals surface area contributed by atoms with Crippen LogP contribution in [0.3, 0.4) is 0 Å². The lowest BCUT2D eigenvalue weighted by Gasteiger charge is -2.46. The lowest BCUT2D eigenvalue weighted by Crippen LogP contribution is -2.63. The maximum absolute atomic E-state index is 13.4. The zero-order chi connectivity index (χ0) is 22.5. The van der Waals surface area contributed by atoms with Gasteiger partial charge in [0.25, 0.3) is 5.91 Å². The maximum atomic E-state index is 13.4. The molecule has 4 heterocycles. The van der Waals surface area contributed by atoms with Crippen LogP contribution in [-0.2, 0) is 4.79 Å². The Bertz CT molecular complexity index is 1060. The van der Waals surface area contributed by atoms with Crippen molar-refractivity contribution in [3.05, 3.63) is 29.7 Å². The average molecular weight is 481 g/mol. The Morgan fingerprint density at radius 1 is 1.22 bits per heavy atom. The van der Waals surface area contributed by atoms with Gasteiger partial charge in [-0.2, -0.15) is 0 Å². The molecule has 5 rings (SSSR count). The van der Waals surface area contributed by atoms with Gasteiger partial charge in [0.1, 0.15) is 11.7 Å². The quantitative estimate of drug-likeness (QED) is 0.461. The van der Waals surface area contributed by atoms with Crippen LogP contribution in [0.15, 0.2) is 27.7 Å². The van der Waals surface area contributed by atoms with Crippen LogP contribution < -0.4 is 0 Å². The molecule has 0 spiro atoms. The van der Waals surface area contributed by atoms with E-state index in [1.165, 1.54) is 12.1 Å². The van der Waals surface area contributed by atoms with Crippen LogP contribution >= 0.6 is 23.2 Å². The standard InChI is InChI=1S/C23H27Cl2FN4O2/c1-22(24)23(25,21(31)30-10-3-2-4-19(30)27-22)9-13-29-11-7-15(8-12-29)20-17-6-5-16(26)14-18(17)32-28-20/h5-6,14-15H,2-4,7-13H2,1H3. The number of hydrogen-bond donors (Lipinski definition) is 0. The molecule has 1 aromatic carbocycles. The largest absolute Gasteiger partial charge is 0.356 e. The topological polar surface area (TPSA) is 61.9 Å². The highest BCUT2D eigenvalue weighted by Crippen LogP contribution is 2.45. The van der Waals surface area contributed by atoms with Crippen LogP contribution in [0.2, 0.25) is 0 Å². The van der Waals surface area contributed by atoms with Crippen LogP contribution in [0.5, 0.6) is 0 Å². The van der Waals surface area contributed by atoms with Gasteiger partial charge in [0.2, 0.25) is 0 Å². The number of nitrogens with zero attached hydrogens (tertiary/aromatic N) is 4. The van der Waals surface area contributed by atoms with Crippen LogP contribution in [0.25, 0.3) is 11.0 Å². The Balaban J connectivity index is 1.23. The van der Waals surface area contributed by atoms with Gasteiger partial charge in [-0.3, -0.25) is 9.69 Å². The van der Waals surface area contributed by atoms with Crippen molar-refractivity contribution in [1.29, 1.82) is 0 Å². The van der Waals surface area contributed by atoms with Gasteiger partial charge in [-0.1, -0.05) is 16.8 Å². The minimum absolute atomic E-state index is 0.113. The average Bonchev–Trinajstić information content (AvgIpc) is 3.19. The molecule has 2 aromatic rings. The van der Waals surface area contributed by atoms with Gasteiger partial charge in [-0.25, -0.2) is 9.38 Å². The Hall–Kier alpha value is -1.70. The summed E-state index contributed by atoms with van der Waals surface area (Å²) in [5.41, 5.74) is 1.39. The zero-order valence-corrected chi connectivity index (χ0v) is 19.6. The molecular weight excluding hydrogens is 454 g/mol. The SMILES string of the molecule is CC1(Cl)N=C2CCCCN2C(=O)C1(Cl)CCN1CCC(c2noc3cc(F)ccc23)CC1. The second-order valence-corrected chi connectivity index (χ2v) is 10.7. The third-order valence-electron chi connectivity index (χ3n) is 7.20. The smallest absolute Gasteiger partial charge is 0.252 e. The Labute approximate surface area is 196 Å². The number of piperidine rings is 2. The van der Waals surface area contributed by atoms with Crippen molar-refractivity contribution < 1.29 is 13.7 Å². The van der Waals surface area contributed by atoms with Crippen molar-refractivity contribution >= 4 is 45.9 Å². The summed E-state index contributed by atoms with van der Waals surface area (Å²) in [5.74, 6) is 0.598. The number of amides is 1. The maximum Gasteiger partial charge on any atom is 0.252 e. The summed E-state index contributed by atoms with van der Waals surface area (Å²) < 4.78 is 18.8. The molecule has 6 nitrogen and oxygen atoms in total. The highest BCUT2D eigenvalue weighted by molar-refractivity contribution is 6.44. The predicted octanol–water partition coefficient (Wildman–Crippen LogP) is 4.89. The highest BCUT2D eigenvalue weighted by Gasteiger charge is 2.57. The summed E-state index contributed by atoms with van der Waals surface area (Å²) in [7, 11) is 0. The molecule has 0 aliphatic carbocycles. The van der Waals surface area contributed by atoms with Gasteiger partial charge in [0, 0.05) is 36.9 Å².